The van der Waals surface area contributed by atoms with E-state index in [1.165, 1.54) is 105 Å². The van der Waals surface area contributed by atoms with Crippen LogP contribution in [0.4, 0.5) is 17.1 Å². The predicted octanol–water partition coefficient (Wildman–Crippen LogP) is 21.3. The van der Waals surface area contributed by atoms with Gasteiger partial charge in [-0.3, -0.25) is 9.97 Å². The van der Waals surface area contributed by atoms with Gasteiger partial charge in [0.05, 0.1) is 50.5 Å². The molecule has 18 rings (SSSR count). The Morgan fingerprint density at radius 2 is 0.615 bits per heavy atom. The fourth-order valence-corrected chi connectivity index (χ4v) is 15.1. The van der Waals surface area contributed by atoms with Crippen LogP contribution in [0.15, 0.2) is 357 Å². The maximum atomic E-state index is 4.68. The number of hydrogen-bond acceptors (Lipinski definition) is 3. The van der Waals surface area contributed by atoms with Gasteiger partial charge in [-0.1, -0.05) is 253 Å². The van der Waals surface area contributed by atoms with Crippen LogP contribution in [0.1, 0.15) is 55.6 Å². The number of fused-ring (bicyclic) bond motifs is 10. The van der Waals surface area contributed by atoms with Crippen LogP contribution in [0.25, 0.3) is 55.0 Å². The van der Waals surface area contributed by atoms with E-state index in [4.69, 9.17) is 0 Å². The van der Waals surface area contributed by atoms with Crippen LogP contribution in [0.3, 0.4) is 0 Å². The summed E-state index contributed by atoms with van der Waals surface area (Å²) in [7, 11) is 0. The van der Waals surface area contributed by atoms with E-state index in [9.17, 15) is 0 Å². The molecule has 0 radical (unpaired) electrons. The quantitative estimate of drug-likeness (QED) is 0.160. The predicted molar refractivity (Wildman–Crippen MR) is 379 cm³/mol. The van der Waals surface area contributed by atoms with Crippen molar-refractivity contribution in [2.45, 2.75) is 17.3 Å². The van der Waals surface area contributed by atoms with E-state index in [1.54, 1.807) is 0 Å². The van der Waals surface area contributed by atoms with Gasteiger partial charge in [0.15, 0.2) is 0 Å². The maximum absolute atomic E-state index is 4.68. The lowest BCUT2D eigenvalue weighted by atomic mass is 9.60. The van der Waals surface area contributed by atoms with Crippen molar-refractivity contribution in [3.63, 3.8) is 0 Å². The van der Waals surface area contributed by atoms with Gasteiger partial charge in [-0.15, -0.1) is 0 Å². The van der Waals surface area contributed by atoms with Crippen molar-refractivity contribution in [2.24, 2.45) is 0 Å². The SMILES string of the molecule is Brc1ccc(-n2c3ccccc3c3ccccc32)cc1.c1ccc(C2(c3ccccc3)c3ccccc3Cc3cnccc32)cc1.c1ccc(C2(c3ccccc3)c3ccccc3N(c3ccc(-n4c5ccccc5c5ccccc54)cc3)c3cnccc32)cc1. The zero-order chi connectivity index (χ0) is 60.7. The number of anilines is 3. The van der Waals surface area contributed by atoms with E-state index in [-0.39, 0.29) is 5.41 Å². The second kappa shape index (κ2) is 23.4. The average molecular weight is 1230 g/mol. The van der Waals surface area contributed by atoms with Gasteiger partial charge in [0, 0.05) is 61.7 Å². The number of nitrogens with zero attached hydrogens (tertiary/aromatic N) is 5. The first-order valence-electron chi connectivity index (χ1n) is 31.0. The molecule has 432 valence electrons. The molecule has 5 nitrogen and oxygen atoms in total. The van der Waals surface area contributed by atoms with Crippen molar-refractivity contribution in [3.05, 3.63) is 412 Å². The van der Waals surface area contributed by atoms with Gasteiger partial charge in [0.2, 0.25) is 0 Å². The Morgan fingerprint density at radius 3 is 1.10 bits per heavy atom. The van der Waals surface area contributed by atoms with Crippen molar-refractivity contribution in [3.8, 4) is 11.4 Å². The van der Waals surface area contributed by atoms with Gasteiger partial charge in [-0.25, -0.2) is 0 Å². The topological polar surface area (TPSA) is 38.9 Å². The first-order chi connectivity index (χ1) is 45.1. The fraction of sp³-hybridized carbons (Fsp3) is 0.0353. The molecule has 4 aromatic heterocycles. The van der Waals surface area contributed by atoms with Crippen molar-refractivity contribution in [1.29, 1.82) is 0 Å². The van der Waals surface area contributed by atoms with E-state index >= 15 is 0 Å². The van der Waals surface area contributed by atoms with E-state index < -0.39 is 5.41 Å². The van der Waals surface area contributed by atoms with Gasteiger partial charge in [0.1, 0.15) is 0 Å². The molecular weight excluding hydrogens is 1170 g/mol. The molecule has 0 saturated heterocycles. The molecule has 0 N–H and O–H groups in total. The Morgan fingerprint density at radius 1 is 0.275 bits per heavy atom. The summed E-state index contributed by atoms with van der Waals surface area (Å²) in [5.41, 5.74) is 22.6. The molecule has 1 aliphatic carbocycles. The van der Waals surface area contributed by atoms with Crippen LogP contribution in [-0.2, 0) is 17.3 Å². The molecule has 5 heterocycles. The Labute approximate surface area is 538 Å². The molecule has 0 atom stereocenters. The van der Waals surface area contributed by atoms with Crippen LogP contribution in [0.5, 0.6) is 0 Å². The Hall–Kier alpha value is -11.2. The normalized spacial score (nSPS) is 13.2. The zero-order valence-electron chi connectivity index (χ0n) is 49.8. The second-order valence-corrected chi connectivity index (χ2v) is 24.2. The van der Waals surface area contributed by atoms with Gasteiger partial charge < -0.3 is 14.0 Å². The molecule has 12 aromatic carbocycles. The summed E-state index contributed by atoms with van der Waals surface area (Å²) in [5, 5.41) is 5.12. The molecule has 0 unspecified atom stereocenters. The first-order valence-corrected chi connectivity index (χ1v) is 31.8. The van der Waals surface area contributed by atoms with Gasteiger partial charge in [0.25, 0.3) is 0 Å². The first kappa shape index (κ1) is 55.2. The third-order valence-electron chi connectivity index (χ3n) is 18.5. The Balaban J connectivity index is 0.000000121. The molecular formula is C85H60BrN5. The minimum atomic E-state index is -0.503. The van der Waals surface area contributed by atoms with Crippen molar-refractivity contribution < 1.29 is 0 Å². The minimum absolute atomic E-state index is 0.310. The molecule has 0 bridgehead atoms. The zero-order valence-corrected chi connectivity index (χ0v) is 51.4. The monoisotopic (exact) mass is 1230 g/mol. The Kier molecular flexibility index (Phi) is 14.2. The van der Waals surface area contributed by atoms with Crippen LogP contribution in [0.2, 0.25) is 0 Å². The highest BCUT2D eigenvalue weighted by Gasteiger charge is 2.47. The summed E-state index contributed by atoms with van der Waals surface area (Å²) in [4.78, 5) is 11.5. The van der Waals surface area contributed by atoms with Crippen LogP contribution >= 0.6 is 15.9 Å². The standard InChI is InChI=1S/C42H29N3.C25H19N.C18H12BrN/c1-3-13-30(14-4-1)42(31-15-5-2-6-16-31)36-19-9-12-22-40(36)45(41-29-43-28-27-37(41)42)33-25-23-32(24-26-33)44-38-20-10-7-17-34(38)35-18-8-11-21-39(35)44;1-3-10-21(11-4-1)25(22-12-5-2-6-13-22)23-14-8-7-9-19(23)17-20-18-26-16-15-24(20)25;19-13-9-11-14(12-10-13)20-17-7-3-1-5-15(17)16-6-2-4-8-18(16)20/h1-29H;1-16,18H,17H2;1-12H. The highest BCUT2D eigenvalue weighted by molar-refractivity contribution is 9.10. The summed E-state index contributed by atoms with van der Waals surface area (Å²) >= 11 is 3.50. The lowest BCUT2D eigenvalue weighted by Gasteiger charge is -2.46. The molecule has 0 fully saturated rings. The van der Waals surface area contributed by atoms with Gasteiger partial charge in [-0.2, -0.15) is 0 Å². The summed E-state index contributed by atoms with van der Waals surface area (Å²) in [5.74, 6) is 0. The van der Waals surface area contributed by atoms with E-state index in [2.05, 4.69) is 368 Å². The lowest BCUT2D eigenvalue weighted by Crippen LogP contribution is -2.37. The van der Waals surface area contributed by atoms with Crippen molar-refractivity contribution in [1.82, 2.24) is 19.1 Å². The summed E-state index contributed by atoms with van der Waals surface area (Å²) in [6.07, 6.45) is 8.84. The Bertz CT molecular complexity index is 4990. The third kappa shape index (κ3) is 9.20. The van der Waals surface area contributed by atoms with Gasteiger partial charge in [-0.05, 0) is 153 Å². The lowest BCUT2D eigenvalue weighted by molar-refractivity contribution is 0.700. The average Bonchev–Trinajstić information content (AvgIpc) is 1.61. The number of para-hydroxylation sites is 5. The number of pyridine rings is 2. The number of aromatic nitrogens is 4. The minimum Gasteiger partial charge on any atom is -0.309 e. The largest absolute Gasteiger partial charge is 0.309 e. The van der Waals surface area contributed by atoms with Crippen molar-refractivity contribution >= 4 is 76.6 Å². The molecule has 2 aliphatic rings. The molecule has 1 aliphatic heterocycles. The number of benzene rings is 12. The van der Waals surface area contributed by atoms with E-state index in [0.717, 1.165) is 33.6 Å². The summed E-state index contributed by atoms with van der Waals surface area (Å²) in [6.45, 7) is 0. The van der Waals surface area contributed by atoms with E-state index in [1.807, 2.05) is 24.8 Å². The summed E-state index contributed by atoms with van der Waals surface area (Å²) < 4.78 is 5.78. The second-order valence-electron chi connectivity index (χ2n) is 23.3. The number of hydrogen-bond donors (Lipinski definition) is 0. The molecule has 6 heteroatoms. The molecule has 91 heavy (non-hydrogen) atoms. The molecule has 16 aromatic rings. The fourth-order valence-electron chi connectivity index (χ4n) is 14.8. The third-order valence-corrected chi connectivity index (χ3v) is 19.1. The smallest absolute Gasteiger partial charge is 0.0743 e. The van der Waals surface area contributed by atoms with Crippen LogP contribution in [-0.4, -0.2) is 19.1 Å². The van der Waals surface area contributed by atoms with E-state index in [0.29, 0.717) is 0 Å². The number of rotatable bonds is 7. The molecule has 0 saturated carbocycles. The highest BCUT2D eigenvalue weighted by Crippen LogP contribution is 2.58. The number of halogens is 1. The maximum Gasteiger partial charge on any atom is 0.0743 e. The highest BCUT2D eigenvalue weighted by atomic mass is 79.9. The van der Waals surface area contributed by atoms with Crippen molar-refractivity contribution in [2.75, 3.05) is 4.90 Å². The molecule has 0 amide bonds. The van der Waals surface area contributed by atoms with Crippen LogP contribution < -0.4 is 4.90 Å². The summed E-state index contributed by atoms with van der Waals surface area (Å²) in [6, 6.07) is 117. The molecule has 0 spiro atoms. The van der Waals surface area contributed by atoms with Gasteiger partial charge >= 0.3 is 0 Å². The van der Waals surface area contributed by atoms with Crippen LogP contribution in [0, 0.1) is 0 Å².